The SMILES string of the molecule is Cc1ccc(C)c(Cn2cc(S(=O)(=O)N3CCCC3)ccc2=O)c1. The Labute approximate surface area is 142 Å². The van der Waals surface area contributed by atoms with Crippen molar-refractivity contribution in [2.24, 2.45) is 0 Å². The minimum Gasteiger partial charge on any atom is -0.310 e. The van der Waals surface area contributed by atoms with Crippen LogP contribution in [0.15, 0.2) is 46.2 Å². The number of rotatable bonds is 4. The van der Waals surface area contributed by atoms with Crippen LogP contribution in [0.2, 0.25) is 0 Å². The second-order valence-corrected chi connectivity index (χ2v) is 8.31. The van der Waals surface area contributed by atoms with Gasteiger partial charge in [0.1, 0.15) is 0 Å². The van der Waals surface area contributed by atoms with E-state index in [9.17, 15) is 13.2 Å². The third-order valence-electron chi connectivity index (χ3n) is 4.50. The van der Waals surface area contributed by atoms with Gasteiger partial charge >= 0.3 is 0 Å². The standard InChI is InChI=1S/C18H22N2O3S/c1-14-5-6-15(2)16(11-14)12-19-13-17(7-8-18(19)21)24(22,23)20-9-3-4-10-20/h5-8,11,13H,3-4,9-10,12H2,1-2H3. The molecule has 2 heterocycles. The Bertz CT molecular complexity index is 910. The molecule has 5 nitrogen and oxygen atoms in total. The van der Waals surface area contributed by atoms with Crippen molar-refractivity contribution in [3.63, 3.8) is 0 Å². The van der Waals surface area contributed by atoms with E-state index in [4.69, 9.17) is 0 Å². The average molecular weight is 346 g/mol. The van der Waals surface area contributed by atoms with Gasteiger partial charge in [-0.2, -0.15) is 4.31 Å². The predicted molar refractivity (Wildman–Crippen MR) is 93.7 cm³/mol. The molecule has 2 aromatic rings. The highest BCUT2D eigenvalue weighted by atomic mass is 32.2. The molecule has 0 saturated carbocycles. The van der Waals surface area contributed by atoms with Crippen molar-refractivity contribution in [2.75, 3.05) is 13.1 Å². The molecule has 0 radical (unpaired) electrons. The lowest BCUT2D eigenvalue weighted by Crippen LogP contribution is -2.29. The second kappa shape index (κ2) is 6.53. The Morgan fingerprint density at radius 3 is 2.46 bits per heavy atom. The zero-order chi connectivity index (χ0) is 17.3. The molecule has 1 saturated heterocycles. The summed E-state index contributed by atoms with van der Waals surface area (Å²) in [5, 5.41) is 0. The van der Waals surface area contributed by atoms with Crippen LogP contribution in [0, 0.1) is 13.8 Å². The predicted octanol–water partition coefficient (Wildman–Crippen LogP) is 2.30. The summed E-state index contributed by atoms with van der Waals surface area (Å²) in [6, 6.07) is 8.82. The molecule has 3 rings (SSSR count). The van der Waals surface area contributed by atoms with Crippen LogP contribution in [-0.2, 0) is 16.6 Å². The Balaban J connectivity index is 1.98. The fraction of sp³-hybridized carbons (Fsp3) is 0.389. The van der Waals surface area contributed by atoms with E-state index in [-0.39, 0.29) is 10.5 Å². The number of pyridine rings is 1. The summed E-state index contributed by atoms with van der Waals surface area (Å²) in [7, 11) is -3.51. The van der Waals surface area contributed by atoms with Crippen molar-refractivity contribution < 1.29 is 8.42 Å². The lowest BCUT2D eigenvalue weighted by molar-refractivity contribution is 0.476. The molecular weight excluding hydrogens is 324 g/mol. The van der Waals surface area contributed by atoms with Gasteiger partial charge in [0.25, 0.3) is 5.56 Å². The molecule has 1 fully saturated rings. The van der Waals surface area contributed by atoms with E-state index in [0.29, 0.717) is 19.6 Å². The summed E-state index contributed by atoms with van der Waals surface area (Å²) in [5.41, 5.74) is 3.02. The quantitative estimate of drug-likeness (QED) is 0.853. The van der Waals surface area contributed by atoms with Crippen LogP contribution in [0.25, 0.3) is 0 Å². The number of aromatic nitrogens is 1. The molecule has 0 unspecified atom stereocenters. The highest BCUT2D eigenvalue weighted by Gasteiger charge is 2.27. The third-order valence-corrected chi connectivity index (χ3v) is 6.39. The van der Waals surface area contributed by atoms with Crippen LogP contribution < -0.4 is 5.56 Å². The maximum Gasteiger partial charge on any atom is 0.250 e. The van der Waals surface area contributed by atoms with Crippen LogP contribution in [0.1, 0.15) is 29.5 Å². The molecule has 0 bridgehead atoms. The second-order valence-electron chi connectivity index (χ2n) is 6.37. The summed E-state index contributed by atoms with van der Waals surface area (Å²) < 4.78 is 28.3. The van der Waals surface area contributed by atoms with Crippen molar-refractivity contribution >= 4 is 10.0 Å². The van der Waals surface area contributed by atoms with Crippen LogP contribution in [0.5, 0.6) is 0 Å². The van der Waals surface area contributed by atoms with Crippen molar-refractivity contribution in [3.8, 4) is 0 Å². The largest absolute Gasteiger partial charge is 0.310 e. The van der Waals surface area contributed by atoms with E-state index >= 15 is 0 Å². The number of nitrogens with zero attached hydrogens (tertiary/aromatic N) is 2. The zero-order valence-corrected chi connectivity index (χ0v) is 14.8. The molecule has 1 aromatic heterocycles. The van der Waals surface area contributed by atoms with Gasteiger partial charge in [-0.05, 0) is 43.9 Å². The first-order valence-corrected chi connectivity index (χ1v) is 9.59. The minimum absolute atomic E-state index is 0.189. The first kappa shape index (κ1) is 16.9. The Kier molecular flexibility index (Phi) is 4.60. The van der Waals surface area contributed by atoms with Gasteiger partial charge in [0, 0.05) is 25.4 Å². The Morgan fingerprint density at radius 2 is 1.75 bits per heavy atom. The highest BCUT2D eigenvalue weighted by Crippen LogP contribution is 2.20. The summed E-state index contributed by atoms with van der Waals surface area (Å²) in [5.74, 6) is 0. The topological polar surface area (TPSA) is 59.4 Å². The van der Waals surface area contributed by atoms with Crippen LogP contribution in [-0.4, -0.2) is 30.4 Å². The van der Waals surface area contributed by atoms with Gasteiger partial charge in [-0.25, -0.2) is 8.42 Å². The molecule has 24 heavy (non-hydrogen) atoms. The average Bonchev–Trinajstić information content (AvgIpc) is 3.08. The fourth-order valence-electron chi connectivity index (χ4n) is 3.02. The first-order chi connectivity index (χ1) is 11.4. The maximum atomic E-state index is 12.7. The summed E-state index contributed by atoms with van der Waals surface area (Å²) >= 11 is 0. The molecule has 128 valence electrons. The molecule has 0 amide bonds. The number of aryl methyl sites for hydroxylation is 2. The highest BCUT2D eigenvalue weighted by molar-refractivity contribution is 7.89. The summed E-state index contributed by atoms with van der Waals surface area (Å²) in [6.45, 7) is 5.47. The fourth-order valence-corrected chi connectivity index (χ4v) is 4.55. The molecule has 0 N–H and O–H groups in total. The van der Waals surface area contributed by atoms with E-state index in [2.05, 4.69) is 0 Å². The number of hydrogen-bond acceptors (Lipinski definition) is 3. The van der Waals surface area contributed by atoms with Gasteiger partial charge in [-0.15, -0.1) is 0 Å². The van der Waals surface area contributed by atoms with Gasteiger partial charge in [0.15, 0.2) is 0 Å². The molecular formula is C18H22N2O3S. The van der Waals surface area contributed by atoms with E-state index < -0.39 is 10.0 Å². The molecule has 1 aliphatic heterocycles. The van der Waals surface area contributed by atoms with Crippen molar-refractivity contribution in [3.05, 3.63) is 63.6 Å². The van der Waals surface area contributed by atoms with Crippen molar-refractivity contribution in [1.82, 2.24) is 8.87 Å². The molecule has 0 atom stereocenters. The van der Waals surface area contributed by atoms with Crippen LogP contribution >= 0.6 is 0 Å². The number of sulfonamides is 1. The number of hydrogen-bond donors (Lipinski definition) is 0. The van der Waals surface area contributed by atoms with Crippen LogP contribution in [0.4, 0.5) is 0 Å². The Morgan fingerprint density at radius 1 is 1.04 bits per heavy atom. The van der Waals surface area contributed by atoms with Gasteiger partial charge in [-0.3, -0.25) is 4.79 Å². The van der Waals surface area contributed by atoms with E-state index in [1.165, 1.54) is 27.2 Å². The maximum absolute atomic E-state index is 12.7. The van der Waals surface area contributed by atoms with Gasteiger partial charge in [0.05, 0.1) is 11.4 Å². The zero-order valence-electron chi connectivity index (χ0n) is 14.0. The molecule has 0 spiro atoms. The smallest absolute Gasteiger partial charge is 0.250 e. The minimum atomic E-state index is -3.51. The molecule has 6 heteroatoms. The van der Waals surface area contributed by atoms with E-state index in [0.717, 1.165) is 29.5 Å². The molecule has 1 aromatic carbocycles. The third kappa shape index (κ3) is 3.30. The van der Waals surface area contributed by atoms with Crippen LogP contribution in [0.3, 0.4) is 0 Å². The summed E-state index contributed by atoms with van der Waals surface area (Å²) in [6.07, 6.45) is 3.25. The lowest BCUT2D eigenvalue weighted by atomic mass is 10.1. The molecule has 0 aliphatic carbocycles. The van der Waals surface area contributed by atoms with E-state index in [1.807, 2.05) is 32.0 Å². The van der Waals surface area contributed by atoms with E-state index in [1.54, 1.807) is 0 Å². The first-order valence-electron chi connectivity index (χ1n) is 8.15. The van der Waals surface area contributed by atoms with Gasteiger partial charge in [-0.1, -0.05) is 23.8 Å². The monoisotopic (exact) mass is 346 g/mol. The summed E-state index contributed by atoms with van der Waals surface area (Å²) in [4.78, 5) is 12.4. The van der Waals surface area contributed by atoms with Crippen molar-refractivity contribution in [1.29, 1.82) is 0 Å². The lowest BCUT2D eigenvalue weighted by Gasteiger charge is -2.17. The normalized spacial score (nSPS) is 15.8. The molecule has 1 aliphatic rings. The van der Waals surface area contributed by atoms with Gasteiger partial charge < -0.3 is 4.57 Å². The number of benzene rings is 1. The van der Waals surface area contributed by atoms with Crippen molar-refractivity contribution in [2.45, 2.75) is 38.1 Å². The van der Waals surface area contributed by atoms with Gasteiger partial charge in [0.2, 0.25) is 10.0 Å². The Hall–Kier alpha value is -1.92.